The maximum absolute atomic E-state index is 12.2. The van der Waals surface area contributed by atoms with Crippen molar-refractivity contribution in [3.05, 3.63) is 35.9 Å². The summed E-state index contributed by atoms with van der Waals surface area (Å²) in [6.07, 6.45) is 0.618. The number of nitrogens with zero attached hydrogens (tertiary/aromatic N) is 1. The zero-order valence-corrected chi connectivity index (χ0v) is 14.1. The predicted molar refractivity (Wildman–Crippen MR) is 90.1 cm³/mol. The molecule has 1 saturated heterocycles. The highest BCUT2D eigenvalue weighted by atomic mass is 16.5. The Balaban J connectivity index is 1.73. The number of aliphatic hydroxyl groups excluding tert-OH is 1. The average molecular weight is 320 g/mol. The molecule has 23 heavy (non-hydrogen) atoms. The zero-order chi connectivity index (χ0) is 16.7. The summed E-state index contributed by atoms with van der Waals surface area (Å²) in [5.41, 5.74) is 0.929. The molecule has 1 fully saturated rings. The Kier molecular flexibility index (Phi) is 7.02. The lowest BCUT2D eigenvalue weighted by Crippen LogP contribution is -2.44. The summed E-state index contributed by atoms with van der Waals surface area (Å²) in [5.74, 6) is 0.170. The average Bonchev–Trinajstić information content (AvgIpc) is 2.56. The van der Waals surface area contributed by atoms with Crippen LogP contribution in [0.2, 0.25) is 0 Å². The second-order valence-electron chi connectivity index (χ2n) is 6.33. The van der Waals surface area contributed by atoms with Crippen LogP contribution in [0.3, 0.4) is 0 Å². The zero-order valence-electron chi connectivity index (χ0n) is 14.1. The van der Waals surface area contributed by atoms with Gasteiger partial charge in [-0.1, -0.05) is 30.3 Å². The summed E-state index contributed by atoms with van der Waals surface area (Å²) in [4.78, 5) is 14.1. The molecule has 0 spiro atoms. The van der Waals surface area contributed by atoms with Gasteiger partial charge in [-0.3, -0.25) is 4.79 Å². The minimum atomic E-state index is -0.485. The van der Waals surface area contributed by atoms with Gasteiger partial charge in [0, 0.05) is 31.6 Å². The van der Waals surface area contributed by atoms with Crippen molar-refractivity contribution in [1.29, 1.82) is 0 Å². The van der Waals surface area contributed by atoms with E-state index < -0.39 is 6.10 Å². The van der Waals surface area contributed by atoms with Crippen LogP contribution < -0.4 is 5.32 Å². The molecule has 0 saturated carbocycles. The van der Waals surface area contributed by atoms with Crippen LogP contribution in [0.25, 0.3) is 0 Å². The van der Waals surface area contributed by atoms with Gasteiger partial charge in [0.1, 0.15) is 0 Å². The lowest BCUT2D eigenvalue weighted by atomic mass is 10.0. The van der Waals surface area contributed by atoms with Gasteiger partial charge in [-0.15, -0.1) is 0 Å². The van der Waals surface area contributed by atoms with E-state index in [-0.39, 0.29) is 18.0 Å². The van der Waals surface area contributed by atoms with Crippen molar-refractivity contribution >= 4 is 5.91 Å². The molecular formula is C18H28N2O3. The van der Waals surface area contributed by atoms with Crippen LogP contribution in [0.1, 0.15) is 38.4 Å². The number of aliphatic hydroxyl groups is 1. The Morgan fingerprint density at radius 3 is 2.52 bits per heavy atom. The fourth-order valence-electron chi connectivity index (χ4n) is 2.96. The lowest BCUT2D eigenvalue weighted by molar-refractivity contribution is -0.135. The Morgan fingerprint density at radius 1 is 1.22 bits per heavy atom. The molecule has 1 heterocycles. The molecule has 1 aromatic carbocycles. The van der Waals surface area contributed by atoms with Gasteiger partial charge in [0.2, 0.25) is 5.91 Å². The summed E-state index contributed by atoms with van der Waals surface area (Å²) in [7, 11) is 0. The third-order valence-corrected chi connectivity index (χ3v) is 4.17. The highest BCUT2D eigenvalue weighted by Crippen LogP contribution is 2.18. The van der Waals surface area contributed by atoms with E-state index in [9.17, 15) is 9.90 Å². The monoisotopic (exact) mass is 320 g/mol. The number of amides is 1. The van der Waals surface area contributed by atoms with E-state index in [1.807, 2.05) is 49.1 Å². The van der Waals surface area contributed by atoms with Crippen molar-refractivity contribution in [3.63, 3.8) is 0 Å². The summed E-state index contributed by atoms with van der Waals surface area (Å²) < 4.78 is 5.27. The van der Waals surface area contributed by atoms with Crippen LogP contribution in [0.15, 0.2) is 30.3 Å². The van der Waals surface area contributed by atoms with E-state index in [0.717, 1.165) is 5.56 Å². The number of carbonyl (C=O) groups is 1. The standard InChI is InChI=1S/C18H28N2O3/c1-14(12-17(21)16-6-4-3-5-7-16)19-15(2)13-18(22)20-8-10-23-11-9-20/h3-7,14-15,17,19,21H,8-13H2,1-2H3. The van der Waals surface area contributed by atoms with Gasteiger partial charge < -0.3 is 20.1 Å². The van der Waals surface area contributed by atoms with E-state index in [4.69, 9.17) is 4.74 Å². The first-order valence-corrected chi connectivity index (χ1v) is 8.41. The van der Waals surface area contributed by atoms with Gasteiger partial charge in [-0.05, 0) is 25.8 Å². The molecule has 0 aromatic heterocycles. The summed E-state index contributed by atoms with van der Waals surface area (Å²) in [6, 6.07) is 9.89. The van der Waals surface area contributed by atoms with E-state index in [0.29, 0.717) is 39.1 Å². The highest BCUT2D eigenvalue weighted by molar-refractivity contribution is 5.76. The van der Waals surface area contributed by atoms with Crippen molar-refractivity contribution < 1.29 is 14.6 Å². The first-order chi connectivity index (χ1) is 11.1. The third kappa shape index (κ3) is 5.94. The van der Waals surface area contributed by atoms with E-state index in [1.54, 1.807) is 0 Å². The van der Waals surface area contributed by atoms with E-state index in [1.165, 1.54) is 0 Å². The molecule has 0 aliphatic carbocycles. The Morgan fingerprint density at radius 2 is 1.87 bits per heavy atom. The Hall–Kier alpha value is -1.43. The summed E-state index contributed by atoms with van der Waals surface area (Å²) in [5, 5.41) is 13.7. The van der Waals surface area contributed by atoms with E-state index in [2.05, 4.69) is 5.32 Å². The third-order valence-electron chi connectivity index (χ3n) is 4.17. The lowest BCUT2D eigenvalue weighted by Gasteiger charge is -2.29. The van der Waals surface area contributed by atoms with Gasteiger partial charge in [0.15, 0.2) is 0 Å². The van der Waals surface area contributed by atoms with Gasteiger partial charge in [0.05, 0.1) is 19.3 Å². The summed E-state index contributed by atoms with van der Waals surface area (Å²) >= 11 is 0. The molecule has 1 amide bonds. The first-order valence-electron chi connectivity index (χ1n) is 8.41. The number of ether oxygens (including phenoxy) is 1. The molecule has 1 aromatic rings. The molecule has 128 valence electrons. The van der Waals surface area contributed by atoms with Crippen LogP contribution in [0.4, 0.5) is 0 Å². The molecule has 2 N–H and O–H groups in total. The van der Waals surface area contributed by atoms with Gasteiger partial charge >= 0.3 is 0 Å². The number of hydrogen-bond acceptors (Lipinski definition) is 4. The molecule has 1 aliphatic rings. The van der Waals surface area contributed by atoms with Gasteiger partial charge in [-0.25, -0.2) is 0 Å². The number of rotatable bonds is 7. The molecule has 5 heteroatoms. The fraction of sp³-hybridized carbons (Fsp3) is 0.611. The van der Waals surface area contributed by atoms with Crippen molar-refractivity contribution in [1.82, 2.24) is 10.2 Å². The molecule has 3 atom stereocenters. The molecule has 0 radical (unpaired) electrons. The van der Waals surface area contributed by atoms with Crippen LogP contribution >= 0.6 is 0 Å². The van der Waals surface area contributed by atoms with Crippen molar-refractivity contribution in [2.45, 2.75) is 44.9 Å². The second-order valence-corrected chi connectivity index (χ2v) is 6.33. The first kappa shape index (κ1) is 17.9. The second kappa shape index (κ2) is 9.01. The minimum Gasteiger partial charge on any atom is -0.388 e. The molecule has 1 aliphatic heterocycles. The fourth-order valence-corrected chi connectivity index (χ4v) is 2.96. The SMILES string of the molecule is CC(CC(=O)N1CCOCC1)NC(C)CC(O)c1ccccc1. The van der Waals surface area contributed by atoms with Crippen LogP contribution in [0, 0.1) is 0 Å². The van der Waals surface area contributed by atoms with Crippen LogP contribution in [-0.2, 0) is 9.53 Å². The maximum Gasteiger partial charge on any atom is 0.224 e. The normalized spacial score (nSPS) is 19.2. The quantitative estimate of drug-likeness (QED) is 0.803. The topological polar surface area (TPSA) is 61.8 Å². The number of carbonyl (C=O) groups excluding carboxylic acids is 1. The number of benzene rings is 1. The largest absolute Gasteiger partial charge is 0.388 e. The molecule has 0 bridgehead atoms. The van der Waals surface area contributed by atoms with Gasteiger partial charge in [0.25, 0.3) is 0 Å². The Bertz CT molecular complexity index is 474. The molecular weight excluding hydrogens is 292 g/mol. The van der Waals surface area contributed by atoms with Crippen molar-refractivity contribution in [3.8, 4) is 0 Å². The number of morpholine rings is 1. The van der Waals surface area contributed by atoms with Gasteiger partial charge in [-0.2, -0.15) is 0 Å². The molecule has 3 unspecified atom stereocenters. The van der Waals surface area contributed by atoms with Crippen LogP contribution in [-0.4, -0.2) is 54.3 Å². The number of nitrogens with one attached hydrogen (secondary N) is 1. The predicted octanol–water partition coefficient (Wildman–Crippen LogP) is 1.73. The molecule has 2 rings (SSSR count). The van der Waals surface area contributed by atoms with Crippen molar-refractivity contribution in [2.24, 2.45) is 0 Å². The highest BCUT2D eigenvalue weighted by Gasteiger charge is 2.20. The number of hydrogen-bond donors (Lipinski definition) is 2. The maximum atomic E-state index is 12.2. The Labute approximate surface area is 138 Å². The minimum absolute atomic E-state index is 0.0864. The van der Waals surface area contributed by atoms with E-state index >= 15 is 0 Å². The summed E-state index contributed by atoms with van der Waals surface area (Å²) in [6.45, 7) is 6.70. The smallest absolute Gasteiger partial charge is 0.224 e. The van der Waals surface area contributed by atoms with Crippen molar-refractivity contribution in [2.75, 3.05) is 26.3 Å². The van der Waals surface area contributed by atoms with Crippen LogP contribution in [0.5, 0.6) is 0 Å². The molecule has 5 nitrogen and oxygen atoms in total.